The second kappa shape index (κ2) is 13.6. The Hall–Kier alpha value is -3.39. The van der Waals surface area contributed by atoms with Crippen molar-refractivity contribution in [3.8, 4) is 0 Å². The van der Waals surface area contributed by atoms with Crippen LogP contribution in [0.3, 0.4) is 0 Å². The number of hydrogen-bond acceptors (Lipinski definition) is 8. The maximum Gasteiger partial charge on any atom is 0.330 e. The maximum atomic E-state index is 13.3. The number of ether oxygens (including phenoxy) is 3. The summed E-state index contributed by atoms with van der Waals surface area (Å²) < 4.78 is 16.0. The Morgan fingerprint density at radius 1 is 0.897 bits per heavy atom. The molecule has 2 aromatic carbocycles. The van der Waals surface area contributed by atoms with E-state index in [4.69, 9.17) is 19.2 Å². The molecular formula is C31H37NO6S. The van der Waals surface area contributed by atoms with Gasteiger partial charge in [0, 0.05) is 11.5 Å². The van der Waals surface area contributed by atoms with Crippen LogP contribution in [0.5, 0.6) is 0 Å². The highest BCUT2D eigenvalue weighted by molar-refractivity contribution is 8.14. The molecule has 1 heterocycles. The molecule has 0 spiro atoms. The van der Waals surface area contributed by atoms with E-state index in [1.807, 2.05) is 74.5 Å². The molecule has 0 N–H and O–H groups in total. The molecule has 0 fully saturated rings. The fourth-order valence-electron chi connectivity index (χ4n) is 5.20. The van der Waals surface area contributed by atoms with Gasteiger partial charge in [-0.1, -0.05) is 68.5 Å². The molecule has 1 aliphatic heterocycles. The standard InChI is InChI=1S/C31H37NO6S/c1-6-36-26(33)19-20-30(5,22-15-11-10-12-16-22)31(21-23(27(34)37-7-2)28(35)38-8-3)24-17-13-14-18-25(24)32-29(31)39-9-4/h10-20,23H,6-9,21H2,1-5H3/b20-19+/t30-,31+/m0/s1. The SMILES string of the molecule is CCOC(=O)/C=C/[C@@](C)(c1ccccc1)[C@@]1(CC(C(=O)OCC)C(=O)OCC)C(SCC)=Nc2ccccc21. The molecular weight excluding hydrogens is 514 g/mol. The predicted octanol–water partition coefficient (Wildman–Crippen LogP) is 5.93. The van der Waals surface area contributed by atoms with Gasteiger partial charge in [0.15, 0.2) is 5.92 Å². The van der Waals surface area contributed by atoms with Crippen molar-refractivity contribution in [1.82, 2.24) is 0 Å². The lowest BCUT2D eigenvalue weighted by Crippen LogP contribution is -2.52. The predicted molar refractivity (Wildman–Crippen MR) is 154 cm³/mol. The summed E-state index contributed by atoms with van der Waals surface area (Å²) >= 11 is 1.56. The minimum absolute atomic E-state index is 0.0338. The highest BCUT2D eigenvalue weighted by Crippen LogP contribution is 2.58. The molecule has 7 nitrogen and oxygen atoms in total. The fraction of sp³-hybridized carbons (Fsp3) is 0.419. The molecule has 0 saturated heterocycles. The van der Waals surface area contributed by atoms with Crippen LogP contribution in [-0.4, -0.2) is 48.5 Å². The molecule has 3 rings (SSSR count). The number of fused-ring (bicyclic) bond motifs is 1. The average molecular weight is 552 g/mol. The van der Waals surface area contributed by atoms with Crippen molar-refractivity contribution in [2.75, 3.05) is 25.6 Å². The molecule has 1 aliphatic rings. The van der Waals surface area contributed by atoms with E-state index < -0.39 is 34.7 Å². The summed E-state index contributed by atoms with van der Waals surface area (Å²) in [5.74, 6) is -2.27. The third-order valence-corrected chi connectivity index (χ3v) is 7.99. The van der Waals surface area contributed by atoms with Gasteiger partial charge in [0.25, 0.3) is 0 Å². The molecule has 0 aliphatic carbocycles. The molecule has 0 radical (unpaired) electrons. The lowest BCUT2D eigenvalue weighted by atomic mass is 9.55. The molecule has 208 valence electrons. The van der Waals surface area contributed by atoms with E-state index in [1.165, 1.54) is 6.08 Å². The van der Waals surface area contributed by atoms with Gasteiger partial charge in [0.05, 0.1) is 36.0 Å². The van der Waals surface area contributed by atoms with Gasteiger partial charge in [-0.25, -0.2) is 9.79 Å². The minimum atomic E-state index is -1.21. The molecule has 0 amide bonds. The Balaban J connectivity index is 2.39. The normalized spacial score (nSPS) is 17.8. The molecule has 0 aromatic heterocycles. The van der Waals surface area contributed by atoms with Crippen LogP contribution in [0.1, 0.15) is 52.2 Å². The first-order chi connectivity index (χ1) is 18.8. The molecule has 8 heteroatoms. The van der Waals surface area contributed by atoms with Crippen LogP contribution in [0.25, 0.3) is 0 Å². The van der Waals surface area contributed by atoms with Gasteiger partial charge in [-0.15, -0.1) is 11.8 Å². The largest absolute Gasteiger partial charge is 0.465 e. The van der Waals surface area contributed by atoms with Crippen LogP contribution in [0.4, 0.5) is 5.69 Å². The summed E-state index contributed by atoms with van der Waals surface area (Å²) in [5.41, 5.74) is 0.550. The molecule has 0 bridgehead atoms. The van der Waals surface area contributed by atoms with Gasteiger partial charge >= 0.3 is 17.9 Å². The van der Waals surface area contributed by atoms with Crippen LogP contribution >= 0.6 is 11.8 Å². The first kappa shape index (κ1) is 30.2. The number of para-hydroxylation sites is 1. The van der Waals surface area contributed by atoms with Gasteiger partial charge in [0.2, 0.25) is 0 Å². The number of carbonyl (C=O) groups is 3. The van der Waals surface area contributed by atoms with Gasteiger partial charge < -0.3 is 14.2 Å². The van der Waals surface area contributed by atoms with E-state index in [2.05, 4.69) is 0 Å². The third kappa shape index (κ3) is 6.11. The van der Waals surface area contributed by atoms with E-state index in [-0.39, 0.29) is 26.2 Å². The molecule has 39 heavy (non-hydrogen) atoms. The van der Waals surface area contributed by atoms with Crippen LogP contribution in [0.2, 0.25) is 0 Å². The lowest BCUT2D eigenvalue weighted by Gasteiger charge is -2.47. The average Bonchev–Trinajstić information content (AvgIpc) is 3.25. The zero-order chi connectivity index (χ0) is 28.5. The van der Waals surface area contributed by atoms with Crippen molar-refractivity contribution in [2.45, 2.75) is 51.9 Å². The minimum Gasteiger partial charge on any atom is -0.465 e. The van der Waals surface area contributed by atoms with E-state index in [0.717, 1.165) is 21.9 Å². The van der Waals surface area contributed by atoms with Crippen molar-refractivity contribution in [2.24, 2.45) is 10.9 Å². The number of hydrogen-bond donors (Lipinski definition) is 0. The molecule has 2 aromatic rings. The second-order valence-electron chi connectivity index (χ2n) is 9.19. The number of carbonyl (C=O) groups excluding carboxylic acids is 3. The van der Waals surface area contributed by atoms with E-state index in [1.54, 1.807) is 32.5 Å². The smallest absolute Gasteiger partial charge is 0.330 e. The first-order valence-corrected chi connectivity index (χ1v) is 14.3. The first-order valence-electron chi connectivity index (χ1n) is 13.3. The van der Waals surface area contributed by atoms with E-state index in [9.17, 15) is 14.4 Å². The zero-order valence-electron chi connectivity index (χ0n) is 23.3. The van der Waals surface area contributed by atoms with Crippen molar-refractivity contribution in [3.63, 3.8) is 0 Å². The summed E-state index contributed by atoms with van der Waals surface area (Å²) in [7, 11) is 0. The van der Waals surface area contributed by atoms with Crippen molar-refractivity contribution in [1.29, 1.82) is 0 Å². The fourth-order valence-corrected chi connectivity index (χ4v) is 6.29. The Bertz CT molecular complexity index is 1210. The van der Waals surface area contributed by atoms with Crippen LogP contribution in [-0.2, 0) is 39.4 Å². The number of nitrogens with zero attached hydrogens (tertiary/aromatic N) is 1. The maximum absolute atomic E-state index is 13.3. The summed E-state index contributed by atoms with van der Waals surface area (Å²) in [6.07, 6.45) is 3.28. The number of thioether (sulfide) groups is 1. The zero-order valence-corrected chi connectivity index (χ0v) is 24.1. The Morgan fingerprint density at radius 3 is 2.08 bits per heavy atom. The highest BCUT2D eigenvalue weighted by Gasteiger charge is 2.58. The van der Waals surface area contributed by atoms with Gasteiger partial charge in [-0.2, -0.15) is 0 Å². The number of aliphatic imine (C=N–C) groups is 1. The Labute approximate surface area is 235 Å². The number of rotatable bonds is 12. The summed E-state index contributed by atoms with van der Waals surface area (Å²) in [6, 6.07) is 17.5. The monoisotopic (exact) mass is 551 g/mol. The third-order valence-electron chi connectivity index (χ3n) is 6.98. The van der Waals surface area contributed by atoms with Crippen LogP contribution in [0.15, 0.2) is 71.7 Å². The van der Waals surface area contributed by atoms with E-state index >= 15 is 0 Å². The van der Waals surface area contributed by atoms with Gasteiger partial charge in [0.1, 0.15) is 0 Å². The molecule has 0 unspecified atom stereocenters. The number of benzene rings is 2. The number of esters is 3. The van der Waals surface area contributed by atoms with Gasteiger partial charge in [-0.3, -0.25) is 9.59 Å². The van der Waals surface area contributed by atoms with Gasteiger partial charge in [-0.05, 0) is 50.1 Å². The van der Waals surface area contributed by atoms with E-state index in [0.29, 0.717) is 5.75 Å². The Morgan fingerprint density at radius 2 is 1.49 bits per heavy atom. The molecule has 0 saturated carbocycles. The summed E-state index contributed by atoms with van der Waals surface area (Å²) in [6.45, 7) is 9.70. The quantitative estimate of drug-likeness (QED) is 0.140. The second-order valence-corrected chi connectivity index (χ2v) is 10.4. The summed E-state index contributed by atoms with van der Waals surface area (Å²) in [4.78, 5) is 44.3. The molecule has 2 atom stereocenters. The number of allylic oxidation sites excluding steroid dienone is 1. The lowest BCUT2D eigenvalue weighted by molar-refractivity contribution is -0.162. The van der Waals surface area contributed by atoms with Crippen LogP contribution in [0, 0.1) is 5.92 Å². The Kier molecular flexibility index (Phi) is 10.5. The highest BCUT2D eigenvalue weighted by atomic mass is 32.2. The summed E-state index contributed by atoms with van der Waals surface area (Å²) in [5, 5.41) is 0.754. The van der Waals surface area contributed by atoms with Crippen LogP contribution < -0.4 is 0 Å². The van der Waals surface area contributed by atoms with Crippen molar-refractivity contribution < 1.29 is 28.6 Å². The topological polar surface area (TPSA) is 91.3 Å². The van der Waals surface area contributed by atoms with Crippen molar-refractivity contribution >= 4 is 40.4 Å². The van der Waals surface area contributed by atoms with Crippen molar-refractivity contribution in [3.05, 3.63) is 77.9 Å².